The smallest absolute Gasteiger partial charge is 0.271 e. The summed E-state index contributed by atoms with van der Waals surface area (Å²) in [6.45, 7) is 7.83. The van der Waals surface area contributed by atoms with Gasteiger partial charge in [-0.25, -0.2) is 4.68 Å². The van der Waals surface area contributed by atoms with Gasteiger partial charge in [0.1, 0.15) is 11.7 Å². The van der Waals surface area contributed by atoms with E-state index in [9.17, 15) is 9.59 Å². The number of aromatic nitrogens is 5. The van der Waals surface area contributed by atoms with Crippen molar-refractivity contribution in [2.24, 2.45) is 5.92 Å². The van der Waals surface area contributed by atoms with Crippen molar-refractivity contribution in [3.63, 3.8) is 0 Å². The number of H-pyrrole nitrogens is 1. The third kappa shape index (κ3) is 5.03. The van der Waals surface area contributed by atoms with Crippen LogP contribution in [0.2, 0.25) is 0 Å². The van der Waals surface area contributed by atoms with E-state index in [1.54, 1.807) is 4.68 Å². The van der Waals surface area contributed by atoms with Gasteiger partial charge in [-0.3, -0.25) is 14.7 Å². The Morgan fingerprint density at radius 3 is 2.41 bits per heavy atom. The zero-order chi connectivity index (χ0) is 24.2. The van der Waals surface area contributed by atoms with Crippen LogP contribution in [0.3, 0.4) is 0 Å². The van der Waals surface area contributed by atoms with Crippen LogP contribution in [-0.4, -0.2) is 43.0 Å². The Morgan fingerprint density at radius 1 is 1.09 bits per heavy atom. The lowest BCUT2D eigenvalue weighted by Gasteiger charge is -2.30. The van der Waals surface area contributed by atoms with Gasteiger partial charge in [0, 0.05) is 23.0 Å². The Labute approximate surface area is 199 Å². The van der Waals surface area contributed by atoms with Crippen LogP contribution in [0.15, 0.2) is 30.5 Å². The lowest BCUT2D eigenvalue weighted by molar-refractivity contribution is -0.119. The van der Waals surface area contributed by atoms with Gasteiger partial charge in [-0.05, 0) is 64.2 Å². The quantitative estimate of drug-likeness (QED) is 0.486. The first-order valence-electron chi connectivity index (χ1n) is 12.0. The number of hydrogen-bond donors (Lipinski definition) is 3. The molecule has 0 aliphatic heterocycles. The van der Waals surface area contributed by atoms with Gasteiger partial charge in [0.05, 0.1) is 11.9 Å². The minimum Gasteiger partial charge on any atom is -0.339 e. The molecule has 180 valence electrons. The largest absolute Gasteiger partial charge is 0.339 e. The maximum atomic E-state index is 13.4. The fraction of sp³-hybridized carbons (Fsp3) is 0.480. The SMILES string of the molecule is Cc1n[nH]c(C)c1-c1ccc(NC(=O)C(NC(=O)c2cnnn2C(C)C)C2CCCCC2)cc1. The molecule has 3 N–H and O–H groups in total. The maximum absolute atomic E-state index is 13.4. The number of aromatic amines is 1. The van der Waals surface area contributed by atoms with Gasteiger partial charge in [-0.15, -0.1) is 5.10 Å². The topological polar surface area (TPSA) is 118 Å². The zero-order valence-corrected chi connectivity index (χ0v) is 20.3. The molecular formula is C25H33N7O2. The van der Waals surface area contributed by atoms with Crippen LogP contribution in [0, 0.1) is 19.8 Å². The molecule has 1 unspecified atom stereocenters. The lowest BCUT2D eigenvalue weighted by atomic mass is 9.83. The Hall–Kier alpha value is -3.49. The molecule has 1 aliphatic carbocycles. The number of hydrogen-bond acceptors (Lipinski definition) is 5. The molecule has 0 spiro atoms. The summed E-state index contributed by atoms with van der Waals surface area (Å²) in [7, 11) is 0. The fourth-order valence-electron chi connectivity index (χ4n) is 4.78. The van der Waals surface area contributed by atoms with Gasteiger partial charge < -0.3 is 10.6 Å². The van der Waals surface area contributed by atoms with E-state index in [2.05, 4.69) is 31.1 Å². The van der Waals surface area contributed by atoms with E-state index in [4.69, 9.17) is 0 Å². The molecular weight excluding hydrogens is 430 g/mol. The highest BCUT2D eigenvalue weighted by atomic mass is 16.2. The average Bonchev–Trinajstić information content (AvgIpc) is 3.45. The van der Waals surface area contributed by atoms with E-state index in [1.165, 1.54) is 6.20 Å². The summed E-state index contributed by atoms with van der Waals surface area (Å²) in [5, 5.41) is 21.2. The van der Waals surface area contributed by atoms with E-state index in [0.29, 0.717) is 11.4 Å². The number of amides is 2. The van der Waals surface area contributed by atoms with Crippen molar-refractivity contribution < 1.29 is 9.59 Å². The Balaban J connectivity index is 1.51. The molecule has 2 aromatic heterocycles. The monoisotopic (exact) mass is 463 g/mol. The van der Waals surface area contributed by atoms with Crippen molar-refractivity contribution >= 4 is 17.5 Å². The number of benzene rings is 1. The Kier molecular flexibility index (Phi) is 7.09. The number of carbonyl (C=O) groups excluding carboxylic acids is 2. The van der Waals surface area contributed by atoms with Crippen molar-refractivity contribution in [3.8, 4) is 11.1 Å². The summed E-state index contributed by atoms with van der Waals surface area (Å²) >= 11 is 0. The third-order valence-electron chi connectivity index (χ3n) is 6.56. The molecule has 2 heterocycles. The minimum atomic E-state index is -0.624. The van der Waals surface area contributed by atoms with Crippen LogP contribution in [0.25, 0.3) is 11.1 Å². The molecule has 9 heteroatoms. The average molecular weight is 464 g/mol. The van der Waals surface area contributed by atoms with Crippen molar-refractivity contribution in [3.05, 3.63) is 47.5 Å². The van der Waals surface area contributed by atoms with E-state index < -0.39 is 6.04 Å². The first-order chi connectivity index (χ1) is 16.3. The molecule has 1 aromatic carbocycles. The molecule has 1 atom stereocenters. The number of anilines is 1. The molecule has 0 saturated heterocycles. The van der Waals surface area contributed by atoms with Gasteiger partial charge in [0.25, 0.3) is 5.91 Å². The second-order valence-electron chi connectivity index (χ2n) is 9.38. The van der Waals surface area contributed by atoms with Gasteiger partial charge in [-0.2, -0.15) is 5.10 Å². The summed E-state index contributed by atoms with van der Waals surface area (Å²) in [5.74, 6) is -0.436. The van der Waals surface area contributed by atoms with Crippen LogP contribution >= 0.6 is 0 Å². The summed E-state index contributed by atoms with van der Waals surface area (Å²) in [5.41, 5.74) is 5.10. The van der Waals surface area contributed by atoms with Crippen LogP contribution in [0.5, 0.6) is 0 Å². The van der Waals surface area contributed by atoms with Crippen LogP contribution in [-0.2, 0) is 4.79 Å². The van der Waals surface area contributed by atoms with Gasteiger partial charge in [0.2, 0.25) is 5.91 Å². The third-order valence-corrected chi connectivity index (χ3v) is 6.56. The summed E-state index contributed by atoms with van der Waals surface area (Å²) in [6.07, 6.45) is 6.57. The molecule has 34 heavy (non-hydrogen) atoms. The van der Waals surface area contributed by atoms with Gasteiger partial charge >= 0.3 is 0 Å². The predicted octanol–water partition coefficient (Wildman–Crippen LogP) is 4.18. The number of aryl methyl sites for hydroxylation is 2. The van der Waals surface area contributed by atoms with Crippen molar-refractivity contribution in [2.45, 2.75) is 71.9 Å². The molecule has 3 aromatic rings. The van der Waals surface area contributed by atoms with E-state index in [0.717, 1.165) is 54.6 Å². The maximum Gasteiger partial charge on any atom is 0.271 e. The second-order valence-corrected chi connectivity index (χ2v) is 9.38. The number of nitrogens with zero attached hydrogens (tertiary/aromatic N) is 4. The van der Waals surface area contributed by atoms with Crippen LogP contribution in [0.1, 0.15) is 73.9 Å². The van der Waals surface area contributed by atoms with Crippen molar-refractivity contribution in [1.82, 2.24) is 30.5 Å². The standard InChI is InChI=1S/C25H33N7O2/c1-15(2)32-21(14-26-31-32)24(33)28-23(19-8-6-5-7-9-19)25(34)27-20-12-10-18(11-13-20)22-16(3)29-30-17(22)4/h10-15,19,23H,5-9H2,1-4H3,(H,27,34)(H,28,33)(H,29,30). The molecule has 1 aliphatic rings. The Bertz CT molecular complexity index is 1120. The highest BCUT2D eigenvalue weighted by molar-refractivity contribution is 6.00. The lowest BCUT2D eigenvalue weighted by Crippen LogP contribution is -2.49. The zero-order valence-electron chi connectivity index (χ0n) is 20.3. The first-order valence-corrected chi connectivity index (χ1v) is 12.0. The number of nitrogens with one attached hydrogen (secondary N) is 3. The van der Waals surface area contributed by atoms with Crippen molar-refractivity contribution in [2.75, 3.05) is 5.32 Å². The molecule has 9 nitrogen and oxygen atoms in total. The first kappa shape index (κ1) is 23.7. The highest BCUT2D eigenvalue weighted by Gasteiger charge is 2.32. The van der Waals surface area contributed by atoms with Crippen LogP contribution < -0.4 is 10.6 Å². The molecule has 1 saturated carbocycles. The fourth-order valence-corrected chi connectivity index (χ4v) is 4.78. The number of rotatable bonds is 7. The second kappa shape index (κ2) is 10.2. The number of carbonyl (C=O) groups is 2. The summed E-state index contributed by atoms with van der Waals surface area (Å²) < 4.78 is 1.57. The van der Waals surface area contributed by atoms with Gasteiger partial charge in [0.15, 0.2) is 0 Å². The predicted molar refractivity (Wildman–Crippen MR) is 130 cm³/mol. The van der Waals surface area contributed by atoms with E-state index in [1.807, 2.05) is 52.0 Å². The van der Waals surface area contributed by atoms with E-state index in [-0.39, 0.29) is 23.8 Å². The normalized spacial score (nSPS) is 15.3. The molecule has 2 amide bonds. The van der Waals surface area contributed by atoms with Crippen LogP contribution in [0.4, 0.5) is 5.69 Å². The molecule has 0 radical (unpaired) electrons. The van der Waals surface area contributed by atoms with Crippen molar-refractivity contribution in [1.29, 1.82) is 0 Å². The van der Waals surface area contributed by atoms with E-state index >= 15 is 0 Å². The summed E-state index contributed by atoms with van der Waals surface area (Å²) in [6, 6.07) is 7.09. The highest BCUT2D eigenvalue weighted by Crippen LogP contribution is 2.29. The minimum absolute atomic E-state index is 0.00813. The van der Waals surface area contributed by atoms with Gasteiger partial charge in [-0.1, -0.05) is 36.6 Å². The Morgan fingerprint density at radius 2 is 1.79 bits per heavy atom. The molecule has 0 bridgehead atoms. The molecule has 4 rings (SSSR count). The molecule has 1 fully saturated rings. The summed E-state index contributed by atoms with van der Waals surface area (Å²) in [4.78, 5) is 26.5.